The summed E-state index contributed by atoms with van der Waals surface area (Å²) in [4.78, 5) is 11.7. The first-order chi connectivity index (χ1) is 12.5. The monoisotopic (exact) mass is 354 g/mol. The van der Waals surface area contributed by atoms with Gasteiger partial charge < -0.3 is 9.47 Å². The number of rotatable bonds is 10. The lowest BCUT2D eigenvalue weighted by Gasteiger charge is -2.21. The molecule has 2 aromatic rings. The zero-order valence-electron chi connectivity index (χ0n) is 16.2. The van der Waals surface area contributed by atoms with Gasteiger partial charge in [0.1, 0.15) is 5.75 Å². The van der Waals surface area contributed by atoms with Gasteiger partial charge in [0.25, 0.3) is 0 Å². The largest absolute Gasteiger partial charge is 0.493 e. The average Bonchev–Trinajstić information content (AvgIpc) is 2.67. The number of methoxy groups -OCH3 is 1. The predicted octanol–water partition coefficient (Wildman–Crippen LogP) is 5.88. The highest BCUT2D eigenvalue weighted by Crippen LogP contribution is 2.30. The summed E-state index contributed by atoms with van der Waals surface area (Å²) in [5.74, 6) is 0.809. The lowest BCUT2D eigenvalue weighted by molar-refractivity contribution is -0.151. The van der Waals surface area contributed by atoms with Gasteiger partial charge in [-0.25, -0.2) is 0 Å². The van der Waals surface area contributed by atoms with Crippen LogP contribution in [0.25, 0.3) is 11.1 Å². The number of esters is 1. The zero-order valence-corrected chi connectivity index (χ0v) is 16.2. The molecule has 0 saturated carbocycles. The Morgan fingerprint density at radius 1 is 0.885 bits per heavy atom. The lowest BCUT2D eigenvalue weighted by atomic mass is 9.87. The van der Waals surface area contributed by atoms with Crippen LogP contribution in [0.5, 0.6) is 5.75 Å². The van der Waals surface area contributed by atoms with Gasteiger partial charge in [-0.05, 0) is 38.3 Å². The van der Waals surface area contributed by atoms with Gasteiger partial charge >= 0.3 is 5.97 Å². The molecule has 3 nitrogen and oxygen atoms in total. The van der Waals surface area contributed by atoms with Crippen molar-refractivity contribution < 1.29 is 14.3 Å². The second kappa shape index (κ2) is 10.0. The zero-order chi connectivity index (χ0) is 18.8. The molecule has 0 heterocycles. The molecule has 0 unspecified atom stereocenters. The van der Waals surface area contributed by atoms with Crippen LogP contribution < -0.4 is 4.74 Å². The fourth-order valence-corrected chi connectivity index (χ4v) is 3.03. The summed E-state index contributed by atoms with van der Waals surface area (Å²) in [5, 5.41) is 0. The van der Waals surface area contributed by atoms with Crippen molar-refractivity contribution in [3.63, 3.8) is 0 Å². The van der Waals surface area contributed by atoms with Crippen LogP contribution in [0.1, 0.15) is 46.0 Å². The Morgan fingerprint density at radius 3 is 2.27 bits per heavy atom. The second-order valence-electron chi connectivity index (χ2n) is 7.25. The molecule has 26 heavy (non-hydrogen) atoms. The van der Waals surface area contributed by atoms with Crippen LogP contribution in [-0.4, -0.2) is 19.7 Å². The molecule has 2 rings (SSSR count). The fourth-order valence-electron chi connectivity index (χ4n) is 3.03. The van der Waals surface area contributed by atoms with Crippen molar-refractivity contribution in [1.29, 1.82) is 0 Å². The molecule has 0 bridgehead atoms. The van der Waals surface area contributed by atoms with Gasteiger partial charge in [0.15, 0.2) is 0 Å². The van der Waals surface area contributed by atoms with Crippen molar-refractivity contribution in [3.05, 3.63) is 54.6 Å². The van der Waals surface area contributed by atoms with E-state index < -0.39 is 0 Å². The third-order valence-electron chi connectivity index (χ3n) is 4.66. The molecule has 0 spiro atoms. The molecule has 0 amide bonds. The summed E-state index contributed by atoms with van der Waals surface area (Å²) >= 11 is 0. The van der Waals surface area contributed by atoms with Crippen molar-refractivity contribution >= 4 is 5.97 Å². The van der Waals surface area contributed by atoms with E-state index in [1.54, 1.807) is 0 Å². The molecule has 2 aromatic carbocycles. The van der Waals surface area contributed by atoms with E-state index in [0.717, 1.165) is 43.4 Å². The van der Waals surface area contributed by atoms with Crippen molar-refractivity contribution in [2.75, 3.05) is 13.7 Å². The van der Waals surface area contributed by atoms with E-state index in [1.165, 1.54) is 12.7 Å². The highest BCUT2D eigenvalue weighted by molar-refractivity contribution is 5.75. The first kappa shape index (κ1) is 20.0. The first-order valence-electron chi connectivity index (χ1n) is 9.40. The summed E-state index contributed by atoms with van der Waals surface area (Å²) in [5.41, 5.74) is 1.92. The molecule has 0 N–H and O–H groups in total. The average molecular weight is 354 g/mol. The number of para-hydroxylation sites is 1. The minimum absolute atomic E-state index is 0.127. The maximum Gasteiger partial charge on any atom is 0.311 e. The summed E-state index contributed by atoms with van der Waals surface area (Å²) in [6.07, 6.45) is 5.11. The van der Waals surface area contributed by atoms with Crippen LogP contribution in [-0.2, 0) is 9.53 Å². The van der Waals surface area contributed by atoms with E-state index in [9.17, 15) is 4.79 Å². The van der Waals surface area contributed by atoms with E-state index in [4.69, 9.17) is 9.47 Å². The molecule has 0 atom stereocenters. The van der Waals surface area contributed by atoms with Crippen LogP contribution in [0.4, 0.5) is 0 Å². The van der Waals surface area contributed by atoms with Crippen molar-refractivity contribution in [3.8, 4) is 16.9 Å². The predicted molar refractivity (Wildman–Crippen MR) is 106 cm³/mol. The Hall–Kier alpha value is -2.29. The molecule has 0 radical (unpaired) electrons. The Bertz CT molecular complexity index is 677. The Kier molecular flexibility index (Phi) is 7.71. The van der Waals surface area contributed by atoms with Crippen molar-refractivity contribution in [2.45, 2.75) is 46.0 Å². The van der Waals surface area contributed by atoms with Crippen LogP contribution in [0.3, 0.4) is 0 Å². The van der Waals surface area contributed by atoms with E-state index in [-0.39, 0.29) is 11.4 Å². The molecule has 140 valence electrons. The highest BCUT2D eigenvalue weighted by atomic mass is 16.5. The molecule has 0 saturated heterocycles. The standard InChI is InChI=1S/C23H30O3/c1-23(2,22(24)25-3)17-11-4-5-12-18-26-21-16-10-9-15-20(21)19-13-7-6-8-14-19/h6-10,13-16H,4-5,11-12,17-18H2,1-3H3. The van der Waals surface area contributed by atoms with Crippen LogP contribution in [0.15, 0.2) is 54.6 Å². The smallest absolute Gasteiger partial charge is 0.311 e. The molecule has 0 aliphatic carbocycles. The number of carbonyl (C=O) groups excluding carboxylic acids is 1. The third kappa shape index (κ3) is 5.91. The lowest BCUT2D eigenvalue weighted by Crippen LogP contribution is -2.25. The topological polar surface area (TPSA) is 35.5 Å². The van der Waals surface area contributed by atoms with Gasteiger partial charge in [0.2, 0.25) is 0 Å². The summed E-state index contributed by atoms with van der Waals surface area (Å²) in [6, 6.07) is 18.5. The van der Waals surface area contributed by atoms with Crippen LogP contribution >= 0.6 is 0 Å². The number of unbranched alkanes of at least 4 members (excludes halogenated alkanes) is 3. The summed E-state index contributed by atoms with van der Waals surface area (Å²) < 4.78 is 10.9. The van der Waals surface area contributed by atoms with E-state index in [1.807, 2.05) is 50.2 Å². The van der Waals surface area contributed by atoms with Crippen molar-refractivity contribution in [1.82, 2.24) is 0 Å². The molecule has 0 aromatic heterocycles. The Labute approximate surface area is 157 Å². The normalized spacial score (nSPS) is 11.2. The van der Waals surface area contributed by atoms with E-state index >= 15 is 0 Å². The Balaban J connectivity index is 1.72. The molecular formula is C23H30O3. The van der Waals surface area contributed by atoms with Gasteiger partial charge in [-0.2, -0.15) is 0 Å². The Morgan fingerprint density at radius 2 is 1.54 bits per heavy atom. The number of carbonyl (C=O) groups is 1. The number of benzene rings is 2. The van der Waals surface area contributed by atoms with Gasteiger partial charge in [0, 0.05) is 5.56 Å². The highest BCUT2D eigenvalue weighted by Gasteiger charge is 2.27. The molecule has 0 aliphatic heterocycles. The number of ether oxygens (including phenoxy) is 2. The van der Waals surface area contributed by atoms with Gasteiger partial charge in [-0.1, -0.05) is 67.8 Å². The molecule has 3 heteroatoms. The third-order valence-corrected chi connectivity index (χ3v) is 4.66. The van der Waals surface area contributed by atoms with Crippen LogP contribution in [0, 0.1) is 5.41 Å². The first-order valence-corrected chi connectivity index (χ1v) is 9.40. The fraction of sp³-hybridized carbons (Fsp3) is 0.435. The van der Waals surface area contributed by atoms with Crippen molar-refractivity contribution in [2.24, 2.45) is 5.41 Å². The molecular weight excluding hydrogens is 324 g/mol. The van der Waals surface area contributed by atoms with Gasteiger partial charge in [-0.3, -0.25) is 4.79 Å². The minimum atomic E-state index is -0.389. The van der Waals surface area contributed by atoms with E-state index in [0.29, 0.717) is 6.61 Å². The number of hydrogen-bond acceptors (Lipinski definition) is 3. The molecule has 0 fully saturated rings. The van der Waals surface area contributed by atoms with Gasteiger partial charge in [-0.15, -0.1) is 0 Å². The summed E-state index contributed by atoms with van der Waals surface area (Å²) in [6.45, 7) is 4.61. The molecule has 0 aliphatic rings. The number of hydrogen-bond donors (Lipinski definition) is 0. The van der Waals surface area contributed by atoms with Gasteiger partial charge in [0.05, 0.1) is 19.1 Å². The summed E-state index contributed by atoms with van der Waals surface area (Å²) in [7, 11) is 1.45. The maximum atomic E-state index is 11.7. The maximum absolute atomic E-state index is 11.7. The second-order valence-corrected chi connectivity index (χ2v) is 7.25. The van der Waals surface area contributed by atoms with Crippen LogP contribution in [0.2, 0.25) is 0 Å². The minimum Gasteiger partial charge on any atom is -0.493 e. The SMILES string of the molecule is COC(=O)C(C)(C)CCCCCCOc1ccccc1-c1ccccc1. The van der Waals surface area contributed by atoms with E-state index in [2.05, 4.69) is 18.2 Å². The quantitative estimate of drug-likeness (QED) is 0.395.